The number of rotatable bonds is 9. The number of anilines is 1. The maximum absolute atomic E-state index is 13.9. The molecule has 5 aliphatic rings. The van der Waals surface area contributed by atoms with Gasteiger partial charge < -0.3 is 19.9 Å². The van der Waals surface area contributed by atoms with Crippen LogP contribution in [0.1, 0.15) is 88.3 Å². The average Bonchev–Trinajstić information content (AvgIpc) is 3.82. The Bertz CT molecular complexity index is 1870. The number of nitrogens with zero attached hydrogens (tertiary/aromatic N) is 5. The van der Waals surface area contributed by atoms with E-state index in [2.05, 4.69) is 36.8 Å². The van der Waals surface area contributed by atoms with Crippen LogP contribution in [0.3, 0.4) is 0 Å². The molecule has 0 saturated carbocycles. The van der Waals surface area contributed by atoms with Crippen molar-refractivity contribution in [2.24, 2.45) is 5.92 Å². The first-order chi connectivity index (χ1) is 25.3. The van der Waals surface area contributed by atoms with Crippen molar-refractivity contribution < 1.29 is 28.7 Å². The standard InChI is InChI=1S/C38H43N8O6/c1-52-33(24-6-3-2-4-7-24)38(51)45-22-30-29(19-39-42-30)35(45)44-16-13-23(14-17-44)20-43-15-5-8-26(21-43)40-25-9-10-27-28(18-25)37(50)46(36(27)49)31-11-12-32(47)41-34(31)48/h2-4,6-7,9-10,18,23,26,31,33,35,40H,5,8,11-17,20-22H2,1H3,(H,39,42)(H,41,47,48)/t26-,31?,33+,35?/m0/s1. The molecule has 5 aliphatic heterocycles. The number of ether oxygens (including phenoxy) is 1. The van der Waals surface area contributed by atoms with Crippen LogP contribution < -0.4 is 10.6 Å². The fourth-order valence-corrected chi connectivity index (χ4v) is 8.65. The zero-order valence-corrected chi connectivity index (χ0v) is 29.2. The minimum Gasteiger partial charge on any atom is -0.381 e. The molecule has 52 heavy (non-hydrogen) atoms. The van der Waals surface area contributed by atoms with Gasteiger partial charge in [0.1, 0.15) is 18.4 Å². The zero-order chi connectivity index (χ0) is 35.9. The molecule has 0 aliphatic carbocycles. The molecule has 0 bridgehead atoms. The molecule has 1 radical (unpaired) electrons. The first-order valence-corrected chi connectivity index (χ1v) is 18.2. The molecule has 2 unspecified atom stereocenters. The van der Waals surface area contributed by atoms with Gasteiger partial charge in [-0.2, -0.15) is 5.10 Å². The van der Waals surface area contributed by atoms with Gasteiger partial charge in [-0.3, -0.25) is 44.2 Å². The third-order valence-electron chi connectivity index (χ3n) is 11.2. The number of piperidine rings is 3. The largest absolute Gasteiger partial charge is 0.381 e. The molecule has 3 N–H and O–H groups in total. The van der Waals surface area contributed by atoms with Gasteiger partial charge in [0.2, 0.25) is 11.8 Å². The number of likely N-dealkylation sites (tertiary alicyclic amines) is 2. The second-order valence-corrected chi connectivity index (χ2v) is 14.5. The average molecular weight is 708 g/mol. The fraction of sp³-hybridized carbons (Fsp3) is 0.474. The SMILES string of the molecule is CO[C@@H](C(=O)N1Cc2[nH]n[c]c2C1N1CCC(CN2CCC[C@H](Nc3ccc4c(c3)C(=O)N(C3CCC(=O)NC3=O)C4=O)C2)CC1)c1ccccc1. The monoisotopic (exact) mass is 707 g/mol. The van der Waals surface area contributed by atoms with Gasteiger partial charge in [-0.1, -0.05) is 30.3 Å². The van der Waals surface area contributed by atoms with Crippen LogP contribution in [0, 0.1) is 12.1 Å². The summed E-state index contributed by atoms with van der Waals surface area (Å²) < 4.78 is 5.72. The highest BCUT2D eigenvalue weighted by molar-refractivity contribution is 6.23. The first kappa shape index (κ1) is 34.2. The van der Waals surface area contributed by atoms with Gasteiger partial charge in [0, 0.05) is 57.0 Å². The molecule has 14 heteroatoms. The highest BCUT2D eigenvalue weighted by Crippen LogP contribution is 2.39. The fourth-order valence-electron chi connectivity index (χ4n) is 8.65. The van der Waals surface area contributed by atoms with E-state index in [1.54, 1.807) is 19.2 Å². The van der Waals surface area contributed by atoms with E-state index >= 15 is 0 Å². The van der Waals surface area contributed by atoms with Crippen LogP contribution in [0.5, 0.6) is 0 Å². The summed E-state index contributed by atoms with van der Waals surface area (Å²) >= 11 is 0. The van der Waals surface area contributed by atoms with Crippen LogP contribution in [0.2, 0.25) is 0 Å². The lowest BCUT2D eigenvalue weighted by molar-refractivity contribution is -0.150. The van der Waals surface area contributed by atoms with Crippen LogP contribution in [0.25, 0.3) is 0 Å². The number of aromatic amines is 1. The quantitative estimate of drug-likeness (QED) is 0.282. The normalized spacial score (nSPS) is 24.9. The minimum absolute atomic E-state index is 0.0725. The molecule has 0 spiro atoms. The third kappa shape index (κ3) is 6.39. The Hall–Kier alpha value is -4.92. The smallest absolute Gasteiger partial charge is 0.262 e. The van der Waals surface area contributed by atoms with E-state index in [0.29, 0.717) is 12.5 Å². The van der Waals surface area contributed by atoms with E-state index < -0.39 is 35.8 Å². The molecule has 4 atom stereocenters. The van der Waals surface area contributed by atoms with Gasteiger partial charge in [-0.15, -0.1) is 0 Å². The number of benzene rings is 2. The lowest BCUT2D eigenvalue weighted by Crippen LogP contribution is -2.54. The van der Waals surface area contributed by atoms with Crippen molar-refractivity contribution in [2.75, 3.05) is 45.2 Å². The van der Waals surface area contributed by atoms with Crippen molar-refractivity contribution in [1.82, 2.24) is 35.1 Å². The number of methoxy groups -OCH3 is 1. The lowest BCUT2D eigenvalue weighted by Gasteiger charge is -2.42. The van der Waals surface area contributed by atoms with Gasteiger partial charge in [0.05, 0.1) is 23.4 Å². The zero-order valence-electron chi connectivity index (χ0n) is 29.2. The summed E-state index contributed by atoms with van der Waals surface area (Å²) in [7, 11) is 1.58. The predicted molar refractivity (Wildman–Crippen MR) is 187 cm³/mol. The van der Waals surface area contributed by atoms with Crippen molar-refractivity contribution >= 4 is 35.2 Å². The third-order valence-corrected chi connectivity index (χ3v) is 11.2. The summed E-state index contributed by atoms with van der Waals surface area (Å²) in [6, 6.07) is 14.0. The number of aromatic nitrogens is 2. The summed E-state index contributed by atoms with van der Waals surface area (Å²) in [6.07, 6.45) is 6.47. The predicted octanol–water partition coefficient (Wildman–Crippen LogP) is 2.63. The summed E-state index contributed by atoms with van der Waals surface area (Å²) in [5.41, 5.74) is 4.00. The Morgan fingerprint density at radius 3 is 2.56 bits per heavy atom. The molecular formula is C38H43N8O6. The number of hydrogen-bond acceptors (Lipinski definition) is 10. The summed E-state index contributed by atoms with van der Waals surface area (Å²) in [4.78, 5) is 72.2. The maximum Gasteiger partial charge on any atom is 0.262 e. The van der Waals surface area contributed by atoms with Gasteiger partial charge in [-0.05, 0) is 68.3 Å². The molecular weight excluding hydrogens is 664 g/mol. The Labute approximate surface area is 301 Å². The molecule has 2 aromatic carbocycles. The summed E-state index contributed by atoms with van der Waals surface area (Å²) in [5.74, 6) is -1.57. The van der Waals surface area contributed by atoms with Crippen molar-refractivity contribution in [3.63, 3.8) is 0 Å². The topological polar surface area (TPSA) is 160 Å². The second kappa shape index (κ2) is 14.2. The highest BCUT2D eigenvalue weighted by atomic mass is 16.5. The van der Waals surface area contributed by atoms with Crippen LogP contribution in [0.4, 0.5) is 5.69 Å². The lowest BCUT2D eigenvalue weighted by atomic mass is 9.94. The molecule has 14 nitrogen and oxygen atoms in total. The molecule has 271 valence electrons. The maximum atomic E-state index is 13.9. The van der Waals surface area contributed by atoms with Crippen LogP contribution in [-0.2, 0) is 25.7 Å². The molecule has 3 fully saturated rings. The van der Waals surface area contributed by atoms with E-state index in [9.17, 15) is 24.0 Å². The molecule has 8 rings (SSSR count). The molecule has 3 aromatic rings. The van der Waals surface area contributed by atoms with E-state index in [4.69, 9.17) is 4.74 Å². The Balaban J connectivity index is 0.868. The van der Waals surface area contributed by atoms with E-state index in [0.717, 1.165) is 85.8 Å². The number of fused-ring (bicyclic) bond motifs is 2. The highest BCUT2D eigenvalue weighted by Gasteiger charge is 2.45. The van der Waals surface area contributed by atoms with E-state index in [1.165, 1.54) is 0 Å². The van der Waals surface area contributed by atoms with Crippen molar-refractivity contribution in [2.45, 2.75) is 69.4 Å². The molecule has 1 aromatic heterocycles. The number of H-pyrrole nitrogens is 1. The molecule has 6 heterocycles. The Kier molecular flexibility index (Phi) is 9.36. The van der Waals surface area contributed by atoms with Gasteiger partial charge in [0.15, 0.2) is 6.10 Å². The van der Waals surface area contributed by atoms with Crippen LogP contribution in [-0.4, -0.2) is 111 Å². The van der Waals surface area contributed by atoms with Crippen molar-refractivity contribution in [1.29, 1.82) is 0 Å². The van der Waals surface area contributed by atoms with Gasteiger partial charge >= 0.3 is 0 Å². The van der Waals surface area contributed by atoms with Crippen LogP contribution >= 0.6 is 0 Å². The van der Waals surface area contributed by atoms with E-state index in [1.807, 2.05) is 41.3 Å². The number of amides is 5. The summed E-state index contributed by atoms with van der Waals surface area (Å²) in [6.45, 7) is 5.02. The van der Waals surface area contributed by atoms with Gasteiger partial charge in [0.25, 0.3) is 17.7 Å². The minimum atomic E-state index is -0.982. The molecule has 5 amide bonds. The van der Waals surface area contributed by atoms with Crippen molar-refractivity contribution in [3.05, 3.63) is 82.7 Å². The number of carbonyl (C=O) groups is 5. The molecule has 3 saturated heterocycles. The Morgan fingerprint density at radius 1 is 1.00 bits per heavy atom. The number of imide groups is 2. The van der Waals surface area contributed by atoms with E-state index in [-0.39, 0.29) is 42.1 Å². The van der Waals surface area contributed by atoms with Crippen molar-refractivity contribution in [3.8, 4) is 0 Å². The van der Waals surface area contributed by atoms with Gasteiger partial charge in [-0.25, -0.2) is 0 Å². The van der Waals surface area contributed by atoms with Crippen LogP contribution in [0.15, 0.2) is 48.5 Å². The summed E-state index contributed by atoms with van der Waals surface area (Å²) in [5, 5.41) is 13.1. The number of nitrogens with one attached hydrogen (secondary N) is 3. The number of hydrogen-bond donors (Lipinski definition) is 3. The number of carbonyl (C=O) groups excluding carboxylic acids is 5. The second-order valence-electron chi connectivity index (χ2n) is 14.5. The first-order valence-electron chi connectivity index (χ1n) is 18.2. The Morgan fingerprint density at radius 2 is 1.79 bits per heavy atom.